The molecule has 0 saturated heterocycles. The number of anilines is 3. The van der Waals surface area contributed by atoms with Crippen LogP contribution in [0.15, 0.2) is 102 Å². The Kier molecular flexibility index (Phi) is 11.5. The number of carbonyl (C=O) groups is 1. The fourth-order valence-electron chi connectivity index (χ4n) is 4.59. The van der Waals surface area contributed by atoms with E-state index in [9.17, 15) is 15.0 Å². The van der Waals surface area contributed by atoms with Gasteiger partial charge in [0.2, 0.25) is 0 Å². The molecular weight excluding hydrogens is 580 g/mol. The molecule has 1 aromatic heterocycles. The molecule has 8 heteroatoms. The van der Waals surface area contributed by atoms with Gasteiger partial charge in [-0.1, -0.05) is 73.5 Å². The van der Waals surface area contributed by atoms with Gasteiger partial charge in [0.05, 0.1) is 10.7 Å². The van der Waals surface area contributed by atoms with Crippen LogP contribution in [0, 0.1) is 13.8 Å². The highest BCUT2D eigenvalue weighted by atomic mass is 32.2. The lowest BCUT2D eigenvalue weighted by molar-refractivity contribution is 0.104. The number of aromatic nitrogens is 2. The van der Waals surface area contributed by atoms with E-state index in [1.807, 2.05) is 62.6 Å². The normalized spacial score (nSPS) is 11.0. The smallest absolute Gasteiger partial charge is 0.188 e. The maximum atomic E-state index is 12.4. The topological polar surface area (TPSA) is 110 Å². The number of hydrogen-bond donors (Lipinski definition) is 5. The number of benzene rings is 4. The molecule has 0 aliphatic rings. The van der Waals surface area contributed by atoms with Gasteiger partial charge in [0, 0.05) is 29.1 Å². The minimum Gasteiger partial charge on any atom is -0.508 e. The number of hydrogen-bond acceptors (Lipinski definition) is 7. The van der Waals surface area contributed by atoms with E-state index in [1.54, 1.807) is 30.3 Å². The van der Waals surface area contributed by atoms with Crippen LogP contribution in [0.1, 0.15) is 46.5 Å². The average molecular weight is 621 g/mol. The van der Waals surface area contributed by atoms with E-state index >= 15 is 0 Å². The van der Waals surface area contributed by atoms with E-state index in [0.717, 1.165) is 63.0 Å². The zero-order chi connectivity index (χ0) is 32.3. The predicted octanol–water partition coefficient (Wildman–Crippen LogP) is 9.16. The number of nitrogens with one attached hydrogen (secondary N) is 3. The van der Waals surface area contributed by atoms with E-state index in [1.165, 1.54) is 17.3 Å². The third-order valence-electron chi connectivity index (χ3n) is 7.22. The number of allylic oxidation sites excluding steroid dienone is 1. The number of ketones is 1. The molecule has 7 nitrogen and oxygen atoms in total. The van der Waals surface area contributed by atoms with Crippen LogP contribution in [-0.2, 0) is 12.8 Å². The Morgan fingerprint density at radius 1 is 0.800 bits per heavy atom. The molecule has 1 heterocycles. The molecule has 0 fully saturated rings. The molecule has 0 unspecified atom stereocenters. The average Bonchev–Trinajstić information content (AvgIpc) is 3.51. The summed E-state index contributed by atoms with van der Waals surface area (Å²) in [6.07, 6.45) is 5.17. The predicted molar refractivity (Wildman–Crippen MR) is 188 cm³/mol. The Labute approximate surface area is 269 Å². The summed E-state index contributed by atoms with van der Waals surface area (Å²) in [7, 11) is 0. The highest BCUT2D eigenvalue weighted by Gasteiger charge is 2.09. The first-order chi connectivity index (χ1) is 21.7. The van der Waals surface area contributed by atoms with Crippen LogP contribution in [0.4, 0.5) is 17.2 Å². The maximum absolute atomic E-state index is 12.4. The molecule has 5 aromatic rings. The minimum absolute atomic E-state index is 0.0290. The molecule has 0 aliphatic heterocycles. The molecule has 232 valence electrons. The van der Waals surface area contributed by atoms with Crippen molar-refractivity contribution in [3.05, 3.63) is 130 Å². The summed E-state index contributed by atoms with van der Waals surface area (Å²) in [6.45, 7) is 8.15. The van der Waals surface area contributed by atoms with Crippen molar-refractivity contribution in [1.82, 2.24) is 10.2 Å². The van der Waals surface area contributed by atoms with Crippen LogP contribution < -0.4 is 10.6 Å². The molecule has 45 heavy (non-hydrogen) atoms. The highest BCUT2D eigenvalue weighted by Crippen LogP contribution is 2.28. The molecular formula is C37H40N4O3S. The molecule has 0 saturated carbocycles. The number of aromatic hydroxyl groups is 2. The summed E-state index contributed by atoms with van der Waals surface area (Å²) in [5.41, 5.74) is 9.04. The van der Waals surface area contributed by atoms with Crippen LogP contribution in [-0.4, -0.2) is 32.4 Å². The Morgan fingerprint density at radius 3 is 1.93 bits per heavy atom. The van der Waals surface area contributed by atoms with Crippen molar-refractivity contribution in [2.75, 3.05) is 16.9 Å². The van der Waals surface area contributed by atoms with Crippen molar-refractivity contribution in [1.29, 1.82) is 0 Å². The van der Waals surface area contributed by atoms with Gasteiger partial charge in [0.15, 0.2) is 11.6 Å². The van der Waals surface area contributed by atoms with Crippen molar-refractivity contribution in [2.24, 2.45) is 0 Å². The molecule has 0 radical (unpaired) electrons. The molecule has 0 aliphatic carbocycles. The Hall–Kier alpha value is -4.95. The summed E-state index contributed by atoms with van der Waals surface area (Å²) in [5.74, 6) is 1.26. The number of aryl methyl sites for hydroxylation is 4. The lowest BCUT2D eigenvalue weighted by Crippen LogP contribution is -2.03. The first-order valence-electron chi connectivity index (χ1n) is 14.9. The van der Waals surface area contributed by atoms with Gasteiger partial charge in [0.1, 0.15) is 11.5 Å². The SMILES string of the molecule is CCc1cc(O)ccc1N/C(=C/C(=O)c1ccc(C)cc1)SC.CCc1cc(O)ccc1Nc1cc(-c2ccc(C)cc2)[nH]n1. The summed E-state index contributed by atoms with van der Waals surface area (Å²) < 4.78 is 0. The molecule has 0 bridgehead atoms. The molecule has 0 atom stereocenters. The number of H-pyrrole nitrogens is 1. The van der Waals surface area contributed by atoms with E-state index in [-0.39, 0.29) is 17.3 Å². The van der Waals surface area contributed by atoms with Gasteiger partial charge < -0.3 is 20.8 Å². The summed E-state index contributed by atoms with van der Waals surface area (Å²) in [5, 5.41) is 33.8. The van der Waals surface area contributed by atoms with Gasteiger partial charge in [-0.3, -0.25) is 9.89 Å². The highest BCUT2D eigenvalue weighted by molar-refractivity contribution is 8.02. The second kappa shape index (κ2) is 15.7. The number of carbonyl (C=O) groups excluding carboxylic acids is 1. The van der Waals surface area contributed by atoms with E-state index in [4.69, 9.17) is 0 Å². The molecule has 5 N–H and O–H groups in total. The maximum Gasteiger partial charge on any atom is 0.188 e. The van der Waals surface area contributed by atoms with Gasteiger partial charge >= 0.3 is 0 Å². The van der Waals surface area contributed by atoms with E-state index < -0.39 is 0 Å². The molecule has 0 spiro atoms. The summed E-state index contributed by atoms with van der Waals surface area (Å²) >= 11 is 1.48. The third kappa shape index (κ3) is 9.27. The zero-order valence-corrected chi connectivity index (χ0v) is 27.1. The number of aromatic amines is 1. The molecule has 4 aromatic carbocycles. The van der Waals surface area contributed by atoms with Gasteiger partial charge in [-0.05, 0) is 86.0 Å². The molecule has 0 amide bonds. The Balaban J connectivity index is 0.000000205. The largest absolute Gasteiger partial charge is 0.508 e. The van der Waals surface area contributed by atoms with Gasteiger partial charge in [0.25, 0.3) is 0 Å². The summed E-state index contributed by atoms with van der Waals surface area (Å²) in [6, 6.07) is 28.4. The van der Waals surface area contributed by atoms with Crippen molar-refractivity contribution in [3.8, 4) is 22.8 Å². The third-order valence-corrected chi connectivity index (χ3v) is 7.88. The van der Waals surface area contributed by atoms with Crippen molar-refractivity contribution < 1.29 is 15.0 Å². The number of phenols is 2. The fraction of sp³-hybridized carbons (Fsp3) is 0.189. The van der Waals surface area contributed by atoms with Crippen LogP contribution in [0.2, 0.25) is 0 Å². The van der Waals surface area contributed by atoms with Gasteiger partial charge in [-0.2, -0.15) is 5.10 Å². The Bertz CT molecular complexity index is 1760. The van der Waals surface area contributed by atoms with E-state index in [0.29, 0.717) is 5.56 Å². The second-order valence-corrected chi connectivity index (χ2v) is 11.5. The zero-order valence-electron chi connectivity index (χ0n) is 26.3. The lowest BCUT2D eigenvalue weighted by Gasteiger charge is -2.13. The standard InChI is InChI=1S/C19H21NO2S.C18H19N3O/c1-4-14-11-16(21)9-10-17(14)20-19(23-3)12-18(22)15-7-5-13(2)6-8-15;1-3-13-10-15(22)8-9-16(13)19-18-11-17(20-21-18)14-6-4-12(2)5-7-14/h5-12,20-21H,4H2,1-3H3;4-11,22H,3H2,1-2H3,(H2,19,20,21)/b19-12-;. The number of rotatable bonds is 10. The van der Waals surface area contributed by atoms with Crippen molar-refractivity contribution in [2.45, 2.75) is 40.5 Å². The number of nitrogens with zero attached hydrogens (tertiary/aromatic N) is 1. The second-order valence-electron chi connectivity index (χ2n) is 10.6. The van der Waals surface area contributed by atoms with Crippen LogP contribution in [0.3, 0.4) is 0 Å². The van der Waals surface area contributed by atoms with E-state index in [2.05, 4.69) is 58.9 Å². The lowest BCUT2D eigenvalue weighted by atomic mass is 10.1. The van der Waals surface area contributed by atoms with Crippen molar-refractivity contribution in [3.63, 3.8) is 0 Å². The number of thioether (sulfide) groups is 1. The Morgan fingerprint density at radius 2 is 1.36 bits per heavy atom. The fourth-order valence-corrected chi connectivity index (χ4v) is 5.03. The van der Waals surface area contributed by atoms with Crippen LogP contribution >= 0.6 is 11.8 Å². The van der Waals surface area contributed by atoms with Crippen LogP contribution in [0.5, 0.6) is 11.5 Å². The van der Waals surface area contributed by atoms with Crippen LogP contribution in [0.25, 0.3) is 11.3 Å². The van der Waals surface area contributed by atoms with Gasteiger partial charge in [-0.15, -0.1) is 11.8 Å². The number of phenolic OH excluding ortho intramolecular Hbond substituents is 2. The minimum atomic E-state index is -0.0290. The first-order valence-corrected chi connectivity index (χ1v) is 16.1. The monoisotopic (exact) mass is 620 g/mol. The van der Waals surface area contributed by atoms with Crippen molar-refractivity contribution >= 4 is 34.7 Å². The van der Waals surface area contributed by atoms with Gasteiger partial charge in [-0.25, -0.2) is 0 Å². The summed E-state index contributed by atoms with van der Waals surface area (Å²) in [4.78, 5) is 12.4. The quantitative estimate of drug-likeness (QED) is 0.0601. The first kappa shape index (κ1) is 33.0. The molecule has 5 rings (SSSR count).